The molecule has 0 radical (unpaired) electrons. The van der Waals surface area contributed by atoms with Crippen LogP contribution in [0, 0.1) is 0 Å². The summed E-state index contributed by atoms with van der Waals surface area (Å²) in [5, 5.41) is 21.0. The highest BCUT2D eigenvalue weighted by Crippen LogP contribution is 2.23. The second kappa shape index (κ2) is 9.82. The normalized spacial score (nSPS) is 14.9. The standard InChI is InChI=1S/C16H30N4OS/c1-5-17-15(18-9-10-20(6-2)7-3)19-13-16(4,21)14-8-11-22-12-14/h8,11-12,21H,5-7,9-10,13H2,1-4H3,(H2,17,18,19). The quantitative estimate of drug-likeness (QED) is 0.479. The molecule has 0 aliphatic rings. The third-order valence-electron chi connectivity index (χ3n) is 3.65. The molecule has 3 N–H and O–H groups in total. The van der Waals surface area contributed by atoms with Crippen LogP contribution in [0.4, 0.5) is 0 Å². The fourth-order valence-corrected chi connectivity index (χ4v) is 2.89. The maximum Gasteiger partial charge on any atom is 0.191 e. The molecular weight excluding hydrogens is 296 g/mol. The summed E-state index contributed by atoms with van der Waals surface area (Å²) in [5.74, 6) is 0.755. The van der Waals surface area contributed by atoms with E-state index in [-0.39, 0.29) is 0 Å². The van der Waals surface area contributed by atoms with E-state index >= 15 is 0 Å². The van der Waals surface area contributed by atoms with Gasteiger partial charge < -0.3 is 20.6 Å². The van der Waals surface area contributed by atoms with Crippen LogP contribution < -0.4 is 10.6 Å². The van der Waals surface area contributed by atoms with Gasteiger partial charge in [-0.2, -0.15) is 11.3 Å². The molecule has 0 saturated heterocycles. The maximum absolute atomic E-state index is 10.5. The second-order valence-electron chi connectivity index (χ2n) is 5.43. The van der Waals surface area contributed by atoms with Crippen molar-refractivity contribution in [1.82, 2.24) is 15.5 Å². The molecule has 126 valence electrons. The molecule has 1 unspecified atom stereocenters. The van der Waals surface area contributed by atoms with Crippen molar-refractivity contribution in [2.45, 2.75) is 33.3 Å². The molecule has 0 aliphatic carbocycles. The lowest BCUT2D eigenvalue weighted by Crippen LogP contribution is -2.42. The monoisotopic (exact) mass is 326 g/mol. The van der Waals surface area contributed by atoms with Crippen LogP contribution in [0.2, 0.25) is 0 Å². The summed E-state index contributed by atoms with van der Waals surface area (Å²) in [6, 6.07) is 1.95. The Kier molecular flexibility index (Phi) is 8.45. The van der Waals surface area contributed by atoms with E-state index < -0.39 is 5.60 Å². The predicted molar refractivity (Wildman–Crippen MR) is 95.7 cm³/mol. The predicted octanol–water partition coefficient (Wildman–Crippen LogP) is 1.85. The van der Waals surface area contributed by atoms with Crippen molar-refractivity contribution in [2.24, 2.45) is 4.99 Å². The van der Waals surface area contributed by atoms with Crippen molar-refractivity contribution in [3.8, 4) is 0 Å². The lowest BCUT2D eigenvalue weighted by Gasteiger charge is -2.22. The molecule has 6 heteroatoms. The van der Waals surface area contributed by atoms with Gasteiger partial charge in [0.1, 0.15) is 5.60 Å². The SMILES string of the molecule is CCNC(=NCC(C)(O)c1ccsc1)NCCN(CC)CC. The number of rotatable bonds is 9. The van der Waals surface area contributed by atoms with Crippen LogP contribution >= 0.6 is 11.3 Å². The molecule has 1 atom stereocenters. The van der Waals surface area contributed by atoms with E-state index in [1.807, 2.05) is 23.8 Å². The number of nitrogens with zero attached hydrogens (tertiary/aromatic N) is 2. The third kappa shape index (κ3) is 6.34. The number of hydrogen-bond acceptors (Lipinski definition) is 4. The lowest BCUT2D eigenvalue weighted by atomic mass is 10.00. The van der Waals surface area contributed by atoms with Crippen molar-refractivity contribution >= 4 is 17.3 Å². The molecule has 0 saturated carbocycles. The van der Waals surface area contributed by atoms with E-state index in [1.165, 1.54) is 0 Å². The molecule has 0 aromatic carbocycles. The van der Waals surface area contributed by atoms with Gasteiger partial charge in [-0.25, -0.2) is 4.99 Å². The molecule has 1 rings (SSSR count). The topological polar surface area (TPSA) is 59.9 Å². The minimum Gasteiger partial charge on any atom is -0.383 e. The molecule has 0 fully saturated rings. The highest BCUT2D eigenvalue weighted by atomic mass is 32.1. The summed E-state index contributed by atoms with van der Waals surface area (Å²) in [4.78, 5) is 6.88. The summed E-state index contributed by atoms with van der Waals surface area (Å²) >= 11 is 1.59. The maximum atomic E-state index is 10.5. The first-order valence-corrected chi connectivity index (χ1v) is 8.97. The van der Waals surface area contributed by atoms with Gasteiger partial charge in [-0.05, 0) is 49.3 Å². The molecule has 1 aromatic heterocycles. The van der Waals surface area contributed by atoms with Crippen molar-refractivity contribution in [1.29, 1.82) is 0 Å². The average Bonchev–Trinajstić information content (AvgIpc) is 3.04. The zero-order valence-electron chi connectivity index (χ0n) is 14.2. The third-order valence-corrected chi connectivity index (χ3v) is 4.33. The van der Waals surface area contributed by atoms with Gasteiger partial charge in [0.25, 0.3) is 0 Å². The number of likely N-dealkylation sites (N-methyl/N-ethyl adjacent to an activating group) is 1. The van der Waals surface area contributed by atoms with E-state index in [9.17, 15) is 5.11 Å². The summed E-state index contributed by atoms with van der Waals surface area (Å²) in [6.07, 6.45) is 0. The van der Waals surface area contributed by atoms with Crippen LogP contribution in [0.15, 0.2) is 21.8 Å². The Labute approximate surface area is 138 Å². The summed E-state index contributed by atoms with van der Waals surface area (Å²) in [7, 11) is 0. The molecule has 0 spiro atoms. The van der Waals surface area contributed by atoms with Crippen LogP contribution in [0.1, 0.15) is 33.3 Å². The van der Waals surface area contributed by atoms with Crippen LogP contribution in [0.25, 0.3) is 0 Å². The fraction of sp³-hybridized carbons (Fsp3) is 0.688. The van der Waals surface area contributed by atoms with E-state index in [1.54, 1.807) is 18.3 Å². The van der Waals surface area contributed by atoms with Crippen LogP contribution in [0.5, 0.6) is 0 Å². The van der Waals surface area contributed by atoms with Gasteiger partial charge in [-0.15, -0.1) is 0 Å². The largest absolute Gasteiger partial charge is 0.383 e. The number of aliphatic imine (C=N–C) groups is 1. The molecule has 0 amide bonds. The van der Waals surface area contributed by atoms with E-state index in [2.05, 4.69) is 34.4 Å². The number of guanidine groups is 1. The van der Waals surface area contributed by atoms with Crippen LogP contribution in [0.3, 0.4) is 0 Å². The molecule has 0 aliphatic heterocycles. The zero-order valence-corrected chi connectivity index (χ0v) is 15.0. The molecule has 1 aromatic rings. The van der Waals surface area contributed by atoms with E-state index in [0.29, 0.717) is 6.54 Å². The Morgan fingerprint density at radius 3 is 2.59 bits per heavy atom. The van der Waals surface area contributed by atoms with Crippen molar-refractivity contribution in [3.05, 3.63) is 22.4 Å². The highest BCUT2D eigenvalue weighted by molar-refractivity contribution is 7.08. The zero-order chi connectivity index (χ0) is 16.4. The number of thiophene rings is 1. The summed E-state index contributed by atoms with van der Waals surface area (Å²) in [6.45, 7) is 13.3. The summed E-state index contributed by atoms with van der Waals surface area (Å²) in [5.41, 5.74) is -0.0125. The van der Waals surface area contributed by atoms with Gasteiger partial charge in [0.15, 0.2) is 5.96 Å². The number of aliphatic hydroxyl groups is 1. The minimum atomic E-state index is -0.929. The molecule has 0 bridgehead atoms. The van der Waals surface area contributed by atoms with E-state index in [0.717, 1.165) is 44.2 Å². The number of nitrogens with one attached hydrogen (secondary N) is 2. The van der Waals surface area contributed by atoms with Crippen LogP contribution in [-0.4, -0.2) is 55.2 Å². The Bertz CT molecular complexity index is 427. The summed E-state index contributed by atoms with van der Waals surface area (Å²) < 4.78 is 0. The van der Waals surface area contributed by atoms with Gasteiger partial charge in [-0.3, -0.25) is 0 Å². The average molecular weight is 327 g/mol. The first-order chi connectivity index (χ1) is 10.5. The van der Waals surface area contributed by atoms with Crippen molar-refractivity contribution in [3.63, 3.8) is 0 Å². The smallest absolute Gasteiger partial charge is 0.191 e. The molecular formula is C16H30N4OS. The Balaban J connectivity index is 2.54. The van der Waals surface area contributed by atoms with Gasteiger partial charge in [0, 0.05) is 19.6 Å². The Morgan fingerprint density at radius 1 is 1.32 bits per heavy atom. The molecule has 1 heterocycles. The van der Waals surface area contributed by atoms with Crippen molar-refractivity contribution < 1.29 is 5.11 Å². The van der Waals surface area contributed by atoms with E-state index in [4.69, 9.17) is 0 Å². The Morgan fingerprint density at radius 2 is 2.05 bits per heavy atom. The lowest BCUT2D eigenvalue weighted by molar-refractivity contribution is 0.0677. The van der Waals surface area contributed by atoms with Crippen LogP contribution in [-0.2, 0) is 5.60 Å². The van der Waals surface area contributed by atoms with Crippen molar-refractivity contribution in [2.75, 3.05) is 39.3 Å². The van der Waals surface area contributed by atoms with Gasteiger partial charge in [0.2, 0.25) is 0 Å². The molecule has 22 heavy (non-hydrogen) atoms. The second-order valence-corrected chi connectivity index (χ2v) is 6.21. The first kappa shape index (κ1) is 18.9. The highest BCUT2D eigenvalue weighted by Gasteiger charge is 2.23. The minimum absolute atomic E-state index is 0.338. The molecule has 5 nitrogen and oxygen atoms in total. The van der Waals surface area contributed by atoms with Gasteiger partial charge >= 0.3 is 0 Å². The fourth-order valence-electron chi connectivity index (χ4n) is 2.11. The van der Waals surface area contributed by atoms with Gasteiger partial charge in [0.05, 0.1) is 6.54 Å². The Hall–Kier alpha value is -1.11. The first-order valence-electron chi connectivity index (χ1n) is 8.03. The number of hydrogen-bond donors (Lipinski definition) is 3. The van der Waals surface area contributed by atoms with Gasteiger partial charge in [-0.1, -0.05) is 13.8 Å².